The molecule has 1 aromatic heterocycles. The maximum Gasteiger partial charge on any atom is 0.407 e. The van der Waals surface area contributed by atoms with Crippen LogP contribution in [-0.4, -0.2) is 82.0 Å². The number of aromatic nitrogens is 1. The van der Waals surface area contributed by atoms with Crippen LogP contribution in [0.4, 0.5) is 4.79 Å². The van der Waals surface area contributed by atoms with Gasteiger partial charge in [-0.25, -0.2) is 4.79 Å². The predicted octanol–water partition coefficient (Wildman–Crippen LogP) is 7.62. The van der Waals surface area contributed by atoms with Gasteiger partial charge in [0.1, 0.15) is 0 Å². The van der Waals surface area contributed by atoms with Gasteiger partial charge in [0.2, 0.25) is 0 Å². The van der Waals surface area contributed by atoms with Crippen molar-refractivity contribution >= 4 is 12.1 Å². The summed E-state index contributed by atoms with van der Waals surface area (Å²) in [5, 5.41) is 18.5. The van der Waals surface area contributed by atoms with Gasteiger partial charge in [0, 0.05) is 55.9 Å². The average Bonchev–Trinajstić information content (AvgIpc) is 3.33. The number of rotatable bonds is 4. The van der Waals surface area contributed by atoms with E-state index in [9.17, 15) is 14.7 Å². The van der Waals surface area contributed by atoms with E-state index in [1.807, 2.05) is 50.4 Å². The second-order valence-corrected chi connectivity index (χ2v) is 12.8. The summed E-state index contributed by atoms with van der Waals surface area (Å²) in [5.41, 5.74) is 1.11. The normalized spacial score (nSPS) is 25.8. The molecule has 252 valence electrons. The van der Waals surface area contributed by atoms with Crippen LogP contribution in [0.1, 0.15) is 104 Å². The highest BCUT2D eigenvalue weighted by Crippen LogP contribution is 2.23. The molecule has 2 N–H and O–H groups in total. The van der Waals surface area contributed by atoms with Crippen molar-refractivity contribution in [2.75, 3.05) is 32.8 Å². The smallest absolute Gasteiger partial charge is 0.407 e. The molecule has 2 aliphatic heterocycles. The van der Waals surface area contributed by atoms with E-state index in [0.717, 1.165) is 37.7 Å². The number of allylic oxidation sites excluding steroid dienone is 5. The predicted molar refractivity (Wildman–Crippen MR) is 182 cm³/mol. The molecule has 0 aromatic carbocycles. The molecule has 45 heavy (non-hydrogen) atoms. The molecule has 2 fully saturated rings. The average molecular weight is 626 g/mol. The van der Waals surface area contributed by atoms with E-state index in [1.165, 1.54) is 43.4 Å². The molecule has 1 aromatic rings. The van der Waals surface area contributed by atoms with Gasteiger partial charge < -0.3 is 19.8 Å². The van der Waals surface area contributed by atoms with Crippen LogP contribution in [-0.2, 0) is 9.53 Å². The highest BCUT2D eigenvalue weighted by Gasteiger charge is 2.26. The number of hydrogen-bond acceptors (Lipinski definition) is 6. The second kappa shape index (κ2) is 22.5. The Hall–Kier alpha value is -2.97. The molecule has 4 atom stereocenters. The van der Waals surface area contributed by atoms with Gasteiger partial charge in [-0.3, -0.25) is 14.7 Å². The Morgan fingerprint density at radius 2 is 1.73 bits per heavy atom. The highest BCUT2D eigenvalue weighted by molar-refractivity contribution is 5.69. The molecule has 0 spiro atoms. The van der Waals surface area contributed by atoms with Crippen molar-refractivity contribution in [2.45, 2.75) is 110 Å². The van der Waals surface area contributed by atoms with Crippen molar-refractivity contribution in [3.05, 3.63) is 66.5 Å². The zero-order chi connectivity index (χ0) is 32.9. The molecule has 3 heterocycles. The Morgan fingerprint density at radius 1 is 1.02 bits per heavy atom. The summed E-state index contributed by atoms with van der Waals surface area (Å²) >= 11 is 0. The number of hydrogen-bond donors (Lipinski definition) is 2. The van der Waals surface area contributed by atoms with Crippen molar-refractivity contribution in [3.8, 4) is 0 Å². The fourth-order valence-corrected chi connectivity index (χ4v) is 5.76. The Kier molecular flexibility index (Phi) is 19.1. The van der Waals surface area contributed by atoms with E-state index in [-0.39, 0.29) is 18.3 Å². The lowest BCUT2D eigenvalue weighted by Gasteiger charge is -2.38. The maximum atomic E-state index is 11.3. The Labute approximate surface area is 272 Å². The number of ether oxygens (including phenoxy) is 1. The van der Waals surface area contributed by atoms with E-state index in [4.69, 9.17) is 9.84 Å². The first kappa shape index (κ1) is 38.2. The first-order valence-corrected chi connectivity index (χ1v) is 17.1. The molecule has 3 aliphatic rings. The number of carboxylic acid groups (broad SMARTS) is 1. The second-order valence-electron chi connectivity index (χ2n) is 12.8. The van der Waals surface area contributed by atoms with E-state index < -0.39 is 12.2 Å². The number of amides is 1. The third-order valence-electron chi connectivity index (χ3n) is 8.69. The van der Waals surface area contributed by atoms with Crippen molar-refractivity contribution < 1.29 is 24.5 Å². The molecule has 1 aliphatic carbocycles. The fraction of sp³-hybridized carbons (Fsp3) is 0.649. The zero-order valence-corrected chi connectivity index (χ0v) is 28.2. The number of esters is 1. The zero-order valence-electron chi connectivity index (χ0n) is 28.2. The van der Waals surface area contributed by atoms with E-state index in [2.05, 4.69) is 48.0 Å². The summed E-state index contributed by atoms with van der Waals surface area (Å²) in [7, 11) is 0. The van der Waals surface area contributed by atoms with Gasteiger partial charge in [0.25, 0.3) is 0 Å². The van der Waals surface area contributed by atoms with Gasteiger partial charge in [0.05, 0.1) is 19.1 Å². The monoisotopic (exact) mass is 625 g/mol. The van der Waals surface area contributed by atoms with Crippen molar-refractivity contribution in [1.82, 2.24) is 14.8 Å². The third-order valence-corrected chi connectivity index (χ3v) is 8.69. The summed E-state index contributed by atoms with van der Waals surface area (Å²) < 4.78 is 5.07. The lowest BCUT2D eigenvalue weighted by Crippen LogP contribution is -2.51. The van der Waals surface area contributed by atoms with Gasteiger partial charge in [-0.15, -0.1) is 0 Å². The summed E-state index contributed by atoms with van der Waals surface area (Å²) in [6.45, 7) is 12.0. The molecule has 8 nitrogen and oxygen atoms in total. The summed E-state index contributed by atoms with van der Waals surface area (Å²) in [6.07, 6.45) is 23.9. The van der Waals surface area contributed by atoms with E-state index in [1.54, 1.807) is 0 Å². The van der Waals surface area contributed by atoms with Crippen molar-refractivity contribution in [2.24, 2.45) is 11.8 Å². The SMILES string of the molecule is C/C=C\C=C\C(C)c1ccccn1.CC1/C=C/CC(C)CCC(O)CC(=O)OC1.O=C(O)N1CCN(C2CCCCCC2)CC1. The molecule has 1 amide bonds. The number of aliphatic hydroxyl groups is 1. The number of nitrogens with zero attached hydrogens (tertiary/aromatic N) is 3. The minimum atomic E-state index is -0.763. The largest absolute Gasteiger partial charge is 0.465 e. The minimum Gasteiger partial charge on any atom is -0.465 e. The highest BCUT2D eigenvalue weighted by atomic mass is 16.5. The van der Waals surface area contributed by atoms with Crippen LogP contribution < -0.4 is 0 Å². The summed E-state index contributed by atoms with van der Waals surface area (Å²) in [4.78, 5) is 30.5. The number of aliphatic hydroxyl groups excluding tert-OH is 1. The number of carbonyl (C=O) groups is 2. The van der Waals surface area contributed by atoms with Gasteiger partial charge in [-0.1, -0.05) is 89.0 Å². The van der Waals surface area contributed by atoms with Crippen LogP contribution in [0.5, 0.6) is 0 Å². The Balaban J connectivity index is 0.000000237. The standard InChI is InChI=1S/C13H22O3.C12H22N2O2.C12H15N/c1-10-4-3-5-11(2)9-16-13(15)8-12(14)7-6-10;15-12(16)14-9-7-13(8-10-14)11-5-3-1-2-4-6-11;1-3-4-5-8-11(2)12-9-6-7-10-13-12/h3,5,10-12,14H,4,6-9H2,1-2H3;11H,1-10H2,(H,15,16);3-11H,1-2H3/b5-3+;;4-3-,8-5+. The van der Waals surface area contributed by atoms with Crippen LogP contribution >= 0.6 is 0 Å². The van der Waals surface area contributed by atoms with Gasteiger partial charge in [-0.05, 0) is 57.1 Å². The molecule has 1 saturated carbocycles. The molecule has 0 bridgehead atoms. The van der Waals surface area contributed by atoms with Crippen molar-refractivity contribution in [3.63, 3.8) is 0 Å². The van der Waals surface area contributed by atoms with Crippen molar-refractivity contribution in [1.29, 1.82) is 0 Å². The van der Waals surface area contributed by atoms with Crippen LogP contribution in [0, 0.1) is 11.8 Å². The molecular formula is C37H59N3O5. The maximum absolute atomic E-state index is 11.3. The number of carbonyl (C=O) groups excluding carboxylic acids is 1. The molecule has 8 heteroatoms. The quantitative estimate of drug-likeness (QED) is 0.154. The van der Waals surface area contributed by atoms with Gasteiger partial charge in [0.15, 0.2) is 0 Å². The first-order valence-electron chi connectivity index (χ1n) is 17.1. The molecule has 4 unspecified atom stereocenters. The molecule has 4 rings (SSSR count). The minimum absolute atomic E-state index is 0.128. The lowest BCUT2D eigenvalue weighted by atomic mass is 9.97. The lowest BCUT2D eigenvalue weighted by molar-refractivity contribution is -0.146. The van der Waals surface area contributed by atoms with Crippen LogP contribution in [0.2, 0.25) is 0 Å². The number of pyridine rings is 1. The number of piperazine rings is 1. The van der Waals surface area contributed by atoms with Gasteiger partial charge >= 0.3 is 12.1 Å². The Morgan fingerprint density at radius 3 is 2.36 bits per heavy atom. The molecule has 0 radical (unpaired) electrons. The van der Waals surface area contributed by atoms with Crippen LogP contribution in [0.25, 0.3) is 0 Å². The van der Waals surface area contributed by atoms with Gasteiger partial charge in [-0.2, -0.15) is 0 Å². The topological polar surface area (TPSA) is 103 Å². The van der Waals surface area contributed by atoms with E-state index >= 15 is 0 Å². The van der Waals surface area contributed by atoms with E-state index in [0.29, 0.717) is 38.0 Å². The molecular weight excluding hydrogens is 566 g/mol. The third kappa shape index (κ3) is 16.8. The first-order chi connectivity index (χ1) is 21.7. The van der Waals surface area contributed by atoms with Crippen LogP contribution in [0.15, 0.2) is 60.9 Å². The summed E-state index contributed by atoms with van der Waals surface area (Å²) in [6, 6.07) is 6.72. The number of cyclic esters (lactones) is 1. The summed E-state index contributed by atoms with van der Waals surface area (Å²) in [5.74, 6) is 0.916. The fourth-order valence-electron chi connectivity index (χ4n) is 5.76. The van der Waals surface area contributed by atoms with Crippen LogP contribution in [0.3, 0.4) is 0 Å². The Bertz CT molecular complexity index is 1030. The molecule has 1 saturated heterocycles.